The molecule has 0 radical (unpaired) electrons. The summed E-state index contributed by atoms with van der Waals surface area (Å²) in [5, 5.41) is 0. The number of likely N-dealkylation sites (tertiary alicyclic amines) is 3. The van der Waals surface area contributed by atoms with Gasteiger partial charge in [0.05, 0.1) is 0 Å². The second-order valence-corrected chi connectivity index (χ2v) is 16.9. The smallest absolute Gasteiger partial charge is 0.0125 e. The third-order valence-electron chi connectivity index (χ3n) is 12.7. The lowest BCUT2D eigenvalue weighted by Gasteiger charge is -2.63. The van der Waals surface area contributed by atoms with Gasteiger partial charge in [0.25, 0.3) is 0 Å². The zero-order chi connectivity index (χ0) is 24.7. The molecule has 0 amide bonds. The van der Waals surface area contributed by atoms with Gasteiger partial charge in [-0.1, -0.05) is 20.8 Å². The van der Waals surface area contributed by atoms with E-state index in [-0.39, 0.29) is 0 Å². The summed E-state index contributed by atoms with van der Waals surface area (Å²) in [7, 11) is 0. The van der Waals surface area contributed by atoms with E-state index in [1.807, 2.05) is 0 Å². The van der Waals surface area contributed by atoms with Gasteiger partial charge in [-0.05, 0) is 152 Å². The Hall–Kier alpha value is -0.120. The van der Waals surface area contributed by atoms with Crippen molar-refractivity contribution < 1.29 is 0 Å². The highest BCUT2D eigenvalue weighted by Crippen LogP contribution is 2.59. The molecule has 0 aromatic carbocycles. The Morgan fingerprint density at radius 3 is 1.57 bits per heavy atom. The highest BCUT2D eigenvalue weighted by atomic mass is 15.3. The molecular weight excluding hydrogens is 426 g/mol. The Labute approximate surface area is 217 Å². The lowest BCUT2D eigenvalue weighted by Crippen LogP contribution is -2.66. The van der Waals surface area contributed by atoms with E-state index in [2.05, 4.69) is 56.2 Å². The van der Waals surface area contributed by atoms with Gasteiger partial charge in [-0.25, -0.2) is 0 Å². The van der Waals surface area contributed by atoms with Crippen LogP contribution in [0.5, 0.6) is 0 Å². The fourth-order valence-corrected chi connectivity index (χ4v) is 9.60. The zero-order valence-corrected chi connectivity index (χ0v) is 24.3. The van der Waals surface area contributed by atoms with Gasteiger partial charge in [-0.15, -0.1) is 0 Å². The van der Waals surface area contributed by atoms with E-state index in [9.17, 15) is 0 Å². The Morgan fingerprint density at radius 1 is 0.543 bits per heavy atom. The third-order valence-corrected chi connectivity index (χ3v) is 12.7. The molecular formula is C32H57N3. The molecule has 0 atom stereocenters. The minimum atomic E-state index is 0.357. The van der Waals surface area contributed by atoms with E-state index < -0.39 is 0 Å². The maximum absolute atomic E-state index is 2.93. The van der Waals surface area contributed by atoms with Gasteiger partial charge in [-0.2, -0.15) is 0 Å². The molecule has 0 N–H and O–H groups in total. The Bertz CT molecular complexity index is 740. The van der Waals surface area contributed by atoms with Crippen molar-refractivity contribution >= 4 is 0 Å². The number of hydrogen-bond acceptors (Lipinski definition) is 3. The van der Waals surface area contributed by atoms with Crippen LogP contribution in [-0.4, -0.2) is 71.6 Å². The van der Waals surface area contributed by atoms with Crippen LogP contribution in [0.1, 0.15) is 119 Å². The molecule has 35 heavy (non-hydrogen) atoms. The summed E-state index contributed by atoms with van der Waals surface area (Å²) in [5.74, 6) is 0.979. The summed E-state index contributed by atoms with van der Waals surface area (Å²) in [5.41, 5.74) is 3.05. The van der Waals surface area contributed by atoms with E-state index >= 15 is 0 Å². The van der Waals surface area contributed by atoms with Gasteiger partial charge in [-0.3, -0.25) is 9.80 Å². The summed E-state index contributed by atoms with van der Waals surface area (Å²) >= 11 is 0. The Kier molecular flexibility index (Phi) is 6.07. The van der Waals surface area contributed by atoms with Crippen molar-refractivity contribution in [1.29, 1.82) is 0 Å². The Balaban J connectivity index is 0.901. The number of piperidine rings is 2. The first kappa shape index (κ1) is 25.2. The minimum Gasteiger partial charge on any atom is -0.300 e. The maximum atomic E-state index is 2.93. The van der Waals surface area contributed by atoms with Crippen molar-refractivity contribution in [3.8, 4) is 0 Å². The second-order valence-electron chi connectivity index (χ2n) is 16.9. The fraction of sp³-hybridized carbons (Fsp3) is 1.00. The number of hydrogen-bond donors (Lipinski definition) is 0. The van der Waals surface area contributed by atoms with Crippen molar-refractivity contribution in [2.45, 2.75) is 136 Å². The van der Waals surface area contributed by atoms with Crippen molar-refractivity contribution in [2.24, 2.45) is 27.6 Å². The standard InChI is InChI=1S/C32H57N3/c1-28(2,3)25-19-30(20-25)11-15-33(16-12-30)26-7-9-32(10-8-26)23-34(24-32)27-21-31(22-27)13-17-35(18-14-31)29(4,5)6/h25-27H,7-24H2,1-6H3. The van der Waals surface area contributed by atoms with Crippen LogP contribution in [0.3, 0.4) is 0 Å². The summed E-state index contributed by atoms with van der Waals surface area (Å²) in [6.45, 7) is 22.9. The van der Waals surface area contributed by atoms with Gasteiger partial charge in [0.1, 0.15) is 0 Å². The zero-order valence-electron chi connectivity index (χ0n) is 24.3. The average Bonchev–Trinajstić information content (AvgIpc) is 2.73. The van der Waals surface area contributed by atoms with E-state index in [1.54, 1.807) is 0 Å². The lowest BCUT2D eigenvalue weighted by atomic mass is 9.51. The van der Waals surface area contributed by atoms with Crippen LogP contribution >= 0.6 is 0 Å². The predicted molar refractivity (Wildman–Crippen MR) is 148 cm³/mol. The van der Waals surface area contributed by atoms with E-state index in [0.29, 0.717) is 21.8 Å². The molecule has 3 heterocycles. The third kappa shape index (κ3) is 4.67. The van der Waals surface area contributed by atoms with E-state index in [4.69, 9.17) is 0 Å². The Morgan fingerprint density at radius 2 is 1.06 bits per heavy atom. The first-order chi connectivity index (χ1) is 16.4. The van der Waals surface area contributed by atoms with Crippen LogP contribution in [0.2, 0.25) is 0 Å². The topological polar surface area (TPSA) is 9.72 Å². The van der Waals surface area contributed by atoms with Gasteiger partial charge >= 0.3 is 0 Å². The van der Waals surface area contributed by atoms with Crippen molar-refractivity contribution in [1.82, 2.24) is 14.7 Å². The fourth-order valence-electron chi connectivity index (χ4n) is 9.60. The molecule has 3 nitrogen and oxygen atoms in total. The molecule has 0 bridgehead atoms. The molecule has 3 heteroatoms. The lowest BCUT2D eigenvalue weighted by molar-refractivity contribution is -0.133. The molecule has 0 aromatic rings. The SMILES string of the molecule is CC(C)(C)C1CC2(CCN(C3CCC4(CC3)CN(C3CC5(CCN(C(C)(C)C)CC5)C3)C4)CC2)C1. The number of nitrogens with zero attached hydrogens (tertiary/aromatic N) is 3. The highest BCUT2D eigenvalue weighted by molar-refractivity contribution is 5.09. The molecule has 6 aliphatic rings. The van der Waals surface area contributed by atoms with Crippen molar-refractivity contribution in [3.05, 3.63) is 0 Å². The van der Waals surface area contributed by atoms with Crippen LogP contribution < -0.4 is 0 Å². The first-order valence-corrected chi connectivity index (χ1v) is 15.6. The van der Waals surface area contributed by atoms with Crippen LogP contribution in [0.4, 0.5) is 0 Å². The minimum absolute atomic E-state index is 0.357. The van der Waals surface area contributed by atoms with E-state index in [1.165, 1.54) is 116 Å². The summed E-state index contributed by atoms with van der Waals surface area (Å²) in [4.78, 5) is 8.56. The van der Waals surface area contributed by atoms with Gasteiger partial charge in [0, 0.05) is 30.7 Å². The molecule has 0 unspecified atom stereocenters. The predicted octanol–water partition coefficient (Wildman–Crippen LogP) is 6.81. The molecule has 3 saturated carbocycles. The van der Waals surface area contributed by atoms with Crippen LogP contribution in [0.25, 0.3) is 0 Å². The maximum Gasteiger partial charge on any atom is 0.0125 e. The van der Waals surface area contributed by atoms with E-state index in [0.717, 1.165) is 23.4 Å². The monoisotopic (exact) mass is 483 g/mol. The summed E-state index contributed by atoms with van der Waals surface area (Å²) in [6.07, 6.45) is 18.0. The van der Waals surface area contributed by atoms with Gasteiger partial charge in [0.15, 0.2) is 0 Å². The van der Waals surface area contributed by atoms with Gasteiger partial charge in [0.2, 0.25) is 0 Å². The van der Waals surface area contributed by atoms with Crippen LogP contribution in [-0.2, 0) is 0 Å². The van der Waals surface area contributed by atoms with Crippen LogP contribution in [0.15, 0.2) is 0 Å². The average molecular weight is 484 g/mol. The number of rotatable bonds is 2. The molecule has 3 aliphatic carbocycles. The normalized spacial score (nSPS) is 36.2. The summed E-state index contributed by atoms with van der Waals surface area (Å²) in [6, 6.07) is 1.84. The van der Waals surface area contributed by atoms with Gasteiger partial charge < -0.3 is 4.90 Å². The second kappa shape index (κ2) is 8.44. The van der Waals surface area contributed by atoms with Crippen LogP contribution in [0, 0.1) is 27.6 Å². The van der Waals surface area contributed by atoms with Crippen molar-refractivity contribution in [2.75, 3.05) is 39.3 Å². The quantitative estimate of drug-likeness (QED) is 0.427. The largest absolute Gasteiger partial charge is 0.300 e. The molecule has 6 fully saturated rings. The highest BCUT2D eigenvalue weighted by Gasteiger charge is 2.55. The molecule has 3 saturated heterocycles. The molecule has 3 spiro atoms. The van der Waals surface area contributed by atoms with Crippen molar-refractivity contribution in [3.63, 3.8) is 0 Å². The molecule has 200 valence electrons. The summed E-state index contributed by atoms with van der Waals surface area (Å²) < 4.78 is 0. The molecule has 0 aromatic heterocycles. The first-order valence-electron chi connectivity index (χ1n) is 15.6. The molecule has 3 aliphatic heterocycles. The molecule has 6 rings (SSSR count).